The van der Waals surface area contributed by atoms with E-state index in [1.165, 1.54) is 0 Å². The molecule has 21 heavy (non-hydrogen) atoms. The van der Waals surface area contributed by atoms with Gasteiger partial charge >= 0.3 is 12.1 Å². The van der Waals surface area contributed by atoms with Crippen molar-refractivity contribution in [2.24, 2.45) is 0 Å². The number of carbonyl (C=O) groups is 2. The first-order valence-electron chi connectivity index (χ1n) is 6.63. The summed E-state index contributed by atoms with van der Waals surface area (Å²) in [5.41, 5.74) is 0.243. The highest BCUT2D eigenvalue weighted by molar-refractivity contribution is 5.74. The zero-order valence-corrected chi connectivity index (χ0v) is 12.5. The van der Waals surface area contributed by atoms with Crippen molar-refractivity contribution in [2.45, 2.75) is 39.1 Å². The maximum Gasteiger partial charge on any atom is 0.407 e. The van der Waals surface area contributed by atoms with Gasteiger partial charge in [0.2, 0.25) is 0 Å². The van der Waals surface area contributed by atoms with E-state index in [0.29, 0.717) is 0 Å². The van der Waals surface area contributed by atoms with Gasteiger partial charge in [0.1, 0.15) is 6.61 Å². The fourth-order valence-electron chi connectivity index (χ4n) is 1.56. The summed E-state index contributed by atoms with van der Waals surface area (Å²) >= 11 is 0. The van der Waals surface area contributed by atoms with Gasteiger partial charge in [-0.05, 0) is 26.3 Å². The first-order valence-corrected chi connectivity index (χ1v) is 6.63. The average molecular weight is 295 g/mol. The van der Waals surface area contributed by atoms with E-state index in [1.54, 1.807) is 20.8 Å². The van der Waals surface area contributed by atoms with Crippen LogP contribution in [0.3, 0.4) is 0 Å². The number of nitrogens with one attached hydrogen (secondary N) is 1. The summed E-state index contributed by atoms with van der Waals surface area (Å²) in [6, 6.07) is 9.21. The largest absolute Gasteiger partial charge is 0.479 e. The molecular formula is C15H21NO5. The summed E-state index contributed by atoms with van der Waals surface area (Å²) in [4.78, 5) is 22.6. The summed E-state index contributed by atoms with van der Waals surface area (Å²) in [6.07, 6.45) is -1.79. The number of benzene rings is 1. The minimum atomic E-state index is -1.13. The molecule has 1 aromatic carbocycles. The molecular weight excluding hydrogens is 274 g/mol. The molecule has 0 bridgehead atoms. The number of alkyl carbamates (subject to hydrolysis) is 1. The zero-order valence-electron chi connectivity index (χ0n) is 12.5. The highest BCUT2D eigenvalue weighted by Crippen LogP contribution is 2.10. The highest BCUT2D eigenvalue weighted by Gasteiger charge is 2.25. The van der Waals surface area contributed by atoms with Crippen molar-refractivity contribution in [3.63, 3.8) is 0 Å². The average Bonchev–Trinajstić information content (AvgIpc) is 2.41. The van der Waals surface area contributed by atoms with E-state index < -0.39 is 23.8 Å². The van der Waals surface area contributed by atoms with E-state index in [-0.39, 0.29) is 13.2 Å². The van der Waals surface area contributed by atoms with Gasteiger partial charge in [0.05, 0.1) is 12.1 Å². The summed E-state index contributed by atoms with van der Waals surface area (Å²) in [6.45, 7) is 5.22. The Morgan fingerprint density at radius 1 is 1.24 bits per heavy atom. The van der Waals surface area contributed by atoms with Gasteiger partial charge in [0.15, 0.2) is 6.10 Å². The van der Waals surface area contributed by atoms with Gasteiger partial charge in [-0.2, -0.15) is 0 Å². The van der Waals surface area contributed by atoms with Crippen LogP contribution >= 0.6 is 0 Å². The molecule has 0 fully saturated rings. The smallest absolute Gasteiger partial charge is 0.407 e. The second-order valence-electron chi connectivity index (χ2n) is 5.50. The number of hydrogen-bond donors (Lipinski definition) is 2. The maximum absolute atomic E-state index is 11.5. The molecule has 0 unspecified atom stereocenters. The molecule has 0 radical (unpaired) electrons. The van der Waals surface area contributed by atoms with Crippen LogP contribution in [0.15, 0.2) is 30.3 Å². The number of carboxylic acid groups (broad SMARTS) is 1. The van der Waals surface area contributed by atoms with Gasteiger partial charge in [0, 0.05) is 0 Å². The lowest BCUT2D eigenvalue weighted by Crippen LogP contribution is -2.42. The number of ether oxygens (including phenoxy) is 2. The predicted octanol–water partition coefficient (Wildman–Crippen LogP) is 2.18. The van der Waals surface area contributed by atoms with E-state index >= 15 is 0 Å². The van der Waals surface area contributed by atoms with Crippen LogP contribution in [-0.4, -0.2) is 35.4 Å². The van der Waals surface area contributed by atoms with E-state index in [9.17, 15) is 9.59 Å². The maximum atomic E-state index is 11.5. The molecule has 6 heteroatoms. The zero-order chi connectivity index (χ0) is 15.9. The molecule has 0 saturated carbocycles. The molecule has 1 atom stereocenters. The Morgan fingerprint density at radius 3 is 2.38 bits per heavy atom. The van der Waals surface area contributed by atoms with E-state index in [1.807, 2.05) is 30.3 Å². The molecule has 6 nitrogen and oxygen atoms in total. The number of aliphatic carboxylic acids is 1. The molecule has 0 heterocycles. The highest BCUT2D eigenvalue weighted by atomic mass is 16.6. The number of amides is 1. The molecule has 0 saturated heterocycles. The van der Waals surface area contributed by atoms with Crippen LogP contribution in [0.25, 0.3) is 0 Å². The Hall–Kier alpha value is -2.08. The third kappa shape index (κ3) is 7.31. The van der Waals surface area contributed by atoms with Crippen molar-refractivity contribution in [2.75, 3.05) is 6.54 Å². The minimum Gasteiger partial charge on any atom is -0.479 e. The lowest BCUT2D eigenvalue weighted by molar-refractivity contribution is -0.159. The topological polar surface area (TPSA) is 84.9 Å². The molecule has 0 aliphatic carbocycles. The van der Waals surface area contributed by atoms with Crippen LogP contribution in [0.4, 0.5) is 4.79 Å². The molecule has 0 spiro atoms. The quantitative estimate of drug-likeness (QED) is 0.840. The van der Waals surface area contributed by atoms with Crippen LogP contribution in [0.1, 0.15) is 26.3 Å². The summed E-state index contributed by atoms with van der Waals surface area (Å²) in [7, 11) is 0. The molecule has 2 N–H and O–H groups in total. The standard InChI is InChI=1S/C15H21NO5/c1-15(2,3)21-12(13(17)18)9-16-14(19)20-10-11-7-5-4-6-8-11/h4-8,12H,9-10H2,1-3H3,(H,16,19)(H,17,18)/t12-/m0/s1. The monoisotopic (exact) mass is 295 g/mol. The third-order valence-corrected chi connectivity index (χ3v) is 2.42. The fourth-order valence-corrected chi connectivity index (χ4v) is 1.56. The second kappa shape index (κ2) is 7.64. The first-order chi connectivity index (χ1) is 9.78. The van der Waals surface area contributed by atoms with Crippen molar-refractivity contribution >= 4 is 12.1 Å². The molecule has 0 aliphatic rings. The van der Waals surface area contributed by atoms with Crippen LogP contribution in [0, 0.1) is 0 Å². The van der Waals surface area contributed by atoms with E-state index in [4.69, 9.17) is 14.6 Å². The van der Waals surface area contributed by atoms with Gasteiger partial charge in [-0.25, -0.2) is 9.59 Å². The van der Waals surface area contributed by atoms with Crippen LogP contribution < -0.4 is 5.32 Å². The summed E-state index contributed by atoms with van der Waals surface area (Å²) < 4.78 is 10.3. The van der Waals surface area contributed by atoms with Crippen molar-refractivity contribution in [3.05, 3.63) is 35.9 Å². The van der Waals surface area contributed by atoms with Gasteiger partial charge in [-0.1, -0.05) is 30.3 Å². The normalized spacial score (nSPS) is 12.5. The number of carboxylic acids is 1. The molecule has 1 aromatic rings. The van der Waals surface area contributed by atoms with Crippen LogP contribution in [-0.2, 0) is 20.9 Å². The number of rotatable bonds is 6. The Morgan fingerprint density at radius 2 is 1.86 bits per heavy atom. The van der Waals surface area contributed by atoms with Crippen molar-refractivity contribution in [3.8, 4) is 0 Å². The number of hydrogen-bond acceptors (Lipinski definition) is 4. The third-order valence-electron chi connectivity index (χ3n) is 2.42. The van der Waals surface area contributed by atoms with Gasteiger partial charge in [0.25, 0.3) is 0 Å². The van der Waals surface area contributed by atoms with E-state index in [2.05, 4.69) is 5.32 Å². The van der Waals surface area contributed by atoms with Gasteiger partial charge in [-0.15, -0.1) is 0 Å². The summed E-state index contributed by atoms with van der Waals surface area (Å²) in [5, 5.41) is 11.4. The molecule has 1 rings (SSSR count). The Labute approximate surface area is 124 Å². The SMILES string of the molecule is CC(C)(C)O[C@@H](CNC(=O)OCc1ccccc1)C(=O)O. The lowest BCUT2D eigenvalue weighted by atomic mass is 10.2. The van der Waals surface area contributed by atoms with Crippen LogP contribution in [0.5, 0.6) is 0 Å². The van der Waals surface area contributed by atoms with Gasteiger partial charge < -0.3 is 19.9 Å². The van der Waals surface area contributed by atoms with Crippen molar-refractivity contribution in [1.29, 1.82) is 0 Å². The molecule has 0 aromatic heterocycles. The first kappa shape index (κ1) is 17.0. The second-order valence-corrected chi connectivity index (χ2v) is 5.50. The minimum absolute atomic E-state index is 0.130. The van der Waals surface area contributed by atoms with E-state index in [0.717, 1.165) is 5.56 Å². The van der Waals surface area contributed by atoms with Crippen LogP contribution in [0.2, 0.25) is 0 Å². The Balaban J connectivity index is 2.38. The predicted molar refractivity (Wildman–Crippen MR) is 76.9 cm³/mol. The lowest BCUT2D eigenvalue weighted by Gasteiger charge is -2.24. The molecule has 1 amide bonds. The van der Waals surface area contributed by atoms with Gasteiger partial charge in [-0.3, -0.25) is 0 Å². The fraction of sp³-hybridized carbons (Fsp3) is 0.467. The van der Waals surface area contributed by atoms with Crippen molar-refractivity contribution < 1.29 is 24.2 Å². The Bertz CT molecular complexity index is 467. The summed E-state index contributed by atoms with van der Waals surface area (Å²) in [5.74, 6) is -1.13. The number of carbonyl (C=O) groups excluding carboxylic acids is 1. The molecule has 116 valence electrons. The Kier molecular flexibility index (Phi) is 6.17. The van der Waals surface area contributed by atoms with Crippen molar-refractivity contribution in [1.82, 2.24) is 5.32 Å². The molecule has 0 aliphatic heterocycles.